The first kappa shape index (κ1) is 17.6. The van der Waals surface area contributed by atoms with Gasteiger partial charge in [0.1, 0.15) is 0 Å². The smallest absolute Gasteiger partial charge is 1.00 e. The minimum Gasteiger partial charge on any atom is -1.00 e. The molecule has 0 amide bonds. The molecule has 36 valence electrons. The first-order valence-electron chi connectivity index (χ1n) is 1.02. The summed E-state index contributed by atoms with van der Waals surface area (Å²) < 4.78 is 18.6. The van der Waals surface area contributed by atoms with Gasteiger partial charge in [0.15, 0.2) is 0 Å². The Kier molecular flexibility index (Phi) is 29.2. The van der Waals surface area contributed by atoms with Crippen LogP contribution in [0, 0.1) is 0 Å². The standard InChI is InChI=1S/2Na.HO3P.2Sn.4H/c;;1-4(2)3;;;;;;/h;;(H,1,2,3);;;;;;/q2*+1;;2*+1;;;2*-1/p-1. The van der Waals surface area contributed by atoms with Gasteiger partial charge in [-0.1, -0.05) is 0 Å². The third kappa shape index (κ3) is 12.3. The Bertz CT molecular complexity index is 60.5. The molecule has 0 fully saturated rings. The van der Waals surface area contributed by atoms with Crippen LogP contribution in [0.25, 0.3) is 0 Å². The van der Waals surface area contributed by atoms with Crippen molar-refractivity contribution in [1.82, 2.24) is 0 Å². The Hall–Kier alpha value is 3.62. The van der Waals surface area contributed by atoms with Gasteiger partial charge in [0.25, 0.3) is 0 Å². The van der Waals surface area contributed by atoms with Crippen LogP contribution in [0.1, 0.15) is 2.85 Å². The SMILES string of the molecule is O=[P+]([O][SnH])[O][SnH].[H-].[H-].[Na+].[Na+]. The zero-order chi connectivity index (χ0) is 4.99. The van der Waals surface area contributed by atoms with E-state index in [0.717, 1.165) is 0 Å². The molecular formula is H4Na2O3PSn2+. The van der Waals surface area contributed by atoms with Crippen LogP contribution in [0.5, 0.6) is 0 Å². The van der Waals surface area contributed by atoms with E-state index in [4.69, 9.17) is 0 Å². The summed E-state index contributed by atoms with van der Waals surface area (Å²) in [7, 11) is -1.71. The Balaban J connectivity index is -0.0000000208. The van der Waals surface area contributed by atoms with Crippen molar-refractivity contribution in [2.45, 2.75) is 0 Å². The third-order valence-electron chi connectivity index (χ3n) is 0.172. The first-order chi connectivity index (χ1) is 2.81. The molecule has 0 saturated heterocycles. The summed E-state index contributed by atoms with van der Waals surface area (Å²) in [4.78, 5) is 0. The van der Waals surface area contributed by atoms with Crippen molar-refractivity contribution in [2.75, 3.05) is 0 Å². The summed E-state index contributed by atoms with van der Waals surface area (Å²) in [5, 5.41) is 0. The fraction of sp³-hybridized carbons (Fsp3) is 0. The van der Waals surface area contributed by atoms with Crippen molar-refractivity contribution >= 4 is 54.1 Å². The molecular weight excluding hydrogens is 362 g/mol. The van der Waals surface area contributed by atoms with Crippen molar-refractivity contribution in [2.24, 2.45) is 0 Å². The largest absolute Gasteiger partial charge is 1.00 e. The van der Waals surface area contributed by atoms with Crippen LogP contribution >= 0.6 is 8.25 Å². The van der Waals surface area contributed by atoms with Crippen LogP contribution in [0.4, 0.5) is 0 Å². The van der Waals surface area contributed by atoms with Gasteiger partial charge in [-0.2, -0.15) is 0 Å². The maximum absolute atomic E-state index is 9.95. The van der Waals surface area contributed by atoms with Gasteiger partial charge < -0.3 is 2.85 Å². The Morgan fingerprint density at radius 3 is 1.50 bits per heavy atom. The van der Waals surface area contributed by atoms with E-state index in [2.05, 4.69) is 5.72 Å². The number of rotatable bonds is 2. The molecule has 0 aromatic carbocycles. The van der Waals surface area contributed by atoms with Gasteiger partial charge in [-0.05, 0) is 0 Å². The van der Waals surface area contributed by atoms with Crippen molar-refractivity contribution in [1.29, 1.82) is 0 Å². The molecule has 0 aliphatic heterocycles. The van der Waals surface area contributed by atoms with Crippen LogP contribution in [0.2, 0.25) is 0 Å². The molecule has 0 unspecified atom stereocenters. The fourth-order valence-electron chi connectivity index (χ4n) is 0.0248. The van der Waals surface area contributed by atoms with E-state index < -0.39 is 8.25 Å². The second-order valence-electron chi connectivity index (χ2n) is 0.434. The molecule has 0 aromatic rings. The Labute approximate surface area is 124 Å². The molecule has 0 N–H and O–H groups in total. The van der Waals surface area contributed by atoms with Gasteiger partial charge in [0, 0.05) is 0 Å². The molecule has 3 nitrogen and oxygen atoms in total. The number of hydrogen-bond donors (Lipinski definition) is 0. The van der Waals surface area contributed by atoms with E-state index in [-0.39, 0.29) is 62.0 Å². The van der Waals surface area contributed by atoms with Crippen molar-refractivity contribution in [3.05, 3.63) is 0 Å². The molecule has 0 rings (SSSR count). The molecule has 0 aromatic heterocycles. The zero-order valence-electron chi connectivity index (χ0n) is 6.83. The van der Waals surface area contributed by atoms with Crippen molar-refractivity contribution < 1.29 is 72.3 Å². The predicted molar refractivity (Wildman–Crippen MR) is 26.3 cm³/mol. The van der Waals surface area contributed by atoms with Crippen LogP contribution in [-0.2, 0) is 10.3 Å². The van der Waals surface area contributed by atoms with Gasteiger partial charge >= 0.3 is 124 Å². The summed E-state index contributed by atoms with van der Waals surface area (Å²) in [5.74, 6) is 0. The molecule has 0 aliphatic rings. The molecule has 0 bridgehead atoms. The third-order valence-corrected chi connectivity index (χ3v) is 3.46. The van der Waals surface area contributed by atoms with Gasteiger partial charge in [0.05, 0.1) is 0 Å². The Morgan fingerprint density at radius 2 is 1.50 bits per heavy atom. The summed E-state index contributed by atoms with van der Waals surface area (Å²) in [6.07, 6.45) is 0. The van der Waals surface area contributed by atoms with Crippen LogP contribution < -0.4 is 59.1 Å². The minimum absolute atomic E-state index is 0. The molecule has 8 heavy (non-hydrogen) atoms. The summed E-state index contributed by atoms with van der Waals surface area (Å²) in [5.41, 5.74) is 0. The number of hydrogen-bond acceptors (Lipinski definition) is 3. The fourth-order valence-corrected chi connectivity index (χ4v) is 3.35. The molecule has 0 heterocycles. The second-order valence-corrected chi connectivity index (χ2v) is 4.91. The summed E-state index contributed by atoms with van der Waals surface area (Å²) >= 11 is 1.10. The van der Waals surface area contributed by atoms with Crippen molar-refractivity contribution in [3.63, 3.8) is 0 Å². The molecule has 0 spiro atoms. The summed E-state index contributed by atoms with van der Waals surface area (Å²) in [6, 6.07) is 0. The van der Waals surface area contributed by atoms with E-state index in [1.807, 2.05) is 0 Å². The normalized spacial score (nSPS) is 6.25. The quantitative estimate of drug-likeness (QED) is 0.360. The van der Waals surface area contributed by atoms with Crippen LogP contribution in [0.15, 0.2) is 0 Å². The Morgan fingerprint density at radius 1 is 1.25 bits per heavy atom. The van der Waals surface area contributed by atoms with Gasteiger partial charge in [-0.3, -0.25) is 0 Å². The van der Waals surface area contributed by atoms with Gasteiger partial charge in [-0.25, -0.2) is 0 Å². The van der Waals surface area contributed by atoms with E-state index in [1.54, 1.807) is 0 Å². The van der Waals surface area contributed by atoms with E-state index in [9.17, 15) is 4.57 Å². The van der Waals surface area contributed by atoms with E-state index in [1.165, 1.54) is 0 Å². The van der Waals surface area contributed by atoms with E-state index in [0.29, 0.717) is 45.9 Å². The van der Waals surface area contributed by atoms with Gasteiger partial charge in [0.2, 0.25) is 0 Å². The maximum atomic E-state index is 9.95. The predicted octanol–water partition coefficient (Wildman–Crippen LogP) is -6.46. The average molecular weight is 366 g/mol. The topological polar surface area (TPSA) is 35.5 Å². The van der Waals surface area contributed by atoms with Crippen LogP contribution in [0.3, 0.4) is 0 Å². The molecule has 0 atom stereocenters. The summed E-state index contributed by atoms with van der Waals surface area (Å²) in [6.45, 7) is 0. The minimum atomic E-state index is -1.71. The average Bonchev–Trinajstić information content (AvgIpc) is 1.65. The second kappa shape index (κ2) is 13.2. The van der Waals surface area contributed by atoms with Crippen molar-refractivity contribution in [3.8, 4) is 0 Å². The van der Waals surface area contributed by atoms with Crippen LogP contribution in [-0.4, -0.2) is 45.9 Å². The monoisotopic (exact) mass is 369 g/mol. The first-order valence-corrected chi connectivity index (χ1v) is 4.81. The maximum Gasteiger partial charge on any atom is 1.00 e. The van der Waals surface area contributed by atoms with E-state index >= 15 is 0 Å². The molecule has 0 aliphatic carbocycles. The van der Waals surface area contributed by atoms with Gasteiger partial charge in [-0.15, -0.1) is 0 Å². The zero-order valence-corrected chi connectivity index (χ0v) is 16.3. The molecule has 4 radical (unpaired) electrons. The molecule has 8 heteroatoms. The molecule has 0 saturated carbocycles.